The first kappa shape index (κ1) is 24.1. The Hall–Kier alpha value is -5.53. The maximum Gasteiger partial charge on any atom is 0.0794 e. The number of aromatic nitrogens is 1. The zero-order chi connectivity index (χ0) is 28.4. The summed E-state index contributed by atoms with van der Waals surface area (Å²) in [7, 11) is 0. The van der Waals surface area contributed by atoms with E-state index in [1.165, 1.54) is 55.1 Å². The molecule has 1 heteroatoms. The largest absolute Gasteiger partial charge is 0.247 e. The summed E-state index contributed by atoms with van der Waals surface area (Å²) in [5.41, 5.74) is 11.7. The van der Waals surface area contributed by atoms with E-state index in [0.717, 1.165) is 22.0 Å². The molecule has 1 heterocycles. The second-order valence-corrected chi connectivity index (χ2v) is 11.5. The molecule has 0 radical (unpaired) electrons. The molecule has 0 amide bonds. The monoisotopic (exact) mass is 545 g/mol. The third-order valence-electron chi connectivity index (χ3n) is 9.30. The highest BCUT2D eigenvalue weighted by Crippen LogP contribution is 2.56. The number of hydrogen-bond donors (Lipinski definition) is 0. The van der Waals surface area contributed by atoms with Gasteiger partial charge in [0.15, 0.2) is 0 Å². The van der Waals surface area contributed by atoms with Crippen molar-refractivity contribution in [2.45, 2.75) is 5.41 Å². The van der Waals surface area contributed by atoms with Crippen LogP contribution in [0, 0.1) is 0 Å². The second kappa shape index (κ2) is 9.24. The molecule has 1 aromatic heterocycles. The minimum Gasteiger partial charge on any atom is -0.247 e. The Morgan fingerprint density at radius 2 is 1.02 bits per heavy atom. The van der Waals surface area contributed by atoms with Crippen LogP contribution < -0.4 is 0 Å². The van der Waals surface area contributed by atoms with E-state index in [1.54, 1.807) is 0 Å². The average Bonchev–Trinajstić information content (AvgIpc) is 3.39. The maximum absolute atomic E-state index is 5.28. The average molecular weight is 546 g/mol. The first-order valence-electron chi connectivity index (χ1n) is 14.9. The molecule has 7 aromatic carbocycles. The first-order chi connectivity index (χ1) is 21.3. The second-order valence-electron chi connectivity index (χ2n) is 11.5. The molecule has 9 rings (SSSR count). The Bertz CT molecular complexity index is 2300. The van der Waals surface area contributed by atoms with Gasteiger partial charge in [-0.3, -0.25) is 0 Å². The maximum atomic E-state index is 5.28. The summed E-state index contributed by atoms with van der Waals surface area (Å²) in [4.78, 5) is 5.28. The van der Waals surface area contributed by atoms with E-state index < -0.39 is 5.41 Å². The molecule has 0 bridgehead atoms. The molecule has 0 atom stereocenters. The van der Waals surface area contributed by atoms with E-state index in [9.17, 15) is 0 Å². The Morgan fingerprint density at radius 1 is 0.395 bits per heavy atom. The minimum absolute atomic E-state index is 0.433. The molecule has 0 saturated carbocycles. The molecule has 8 aromatic rings. The lowest BCUT2D eigenvalue weighted by Crippen LogP contribution is -2.28. The van der Waals surface area contributed by atoms with Crippen LogP contribution in [0.2, 0.25) is 0 Å². The fourth-order valence-corrected chi connectivity index (χ4v) is 7.47. The predicted octanol–water partition coefficient (Wildman–Crippen LogP) is 10.6. The van der Waals surface area contributed by atoms with Gasteiger partial charge in [-0.25, -0.2) is 4.98 Å². The van der Waals surface area contributed by atoms with E-state index in [0.29, 0.717) is 0 Å². The number of fused-ring (bicyclic) bond motifs is 7. The number of hydrogen-bond acceptors (Lipinski definition) is 1. The van der Waals surface area contributed by atoms with E-state index in [1.807, 2.05) is 0 Å². The Labute approximate surface area is 250 Å². The van der Waals surface area contributed by atoms with Crippen LogP contribution in [0.1, 0.15) is 22.3 Å². The molecular weight excluding hydrogens is 518 g/mol. The van der Waals surface area contributed by atoms with E-state index >= 15 is 0 Å². The lowest BCUT2D eigenvalue weighted by atomic mass is 9.67. The molecule has 43 heavy (non-hydrogen) atoms. The van der Waals surface area contributed by atoms with Crippen molar-refractivity contribution in [3.05, 3.63) is 186 Å². The summed E-state index contributed by atoms with van der Waals surface area (Å²) in [6.45, 7) is 0. The zero-order valence-corrected chi connectivity index (χ0v) is 23.5. The van der Waals surface area contributed by atoms with Crippen molar-refractivity contribution in [2.75, 3.05) is 0 Å². The van der Waals surface area contributed by atoms with Crippen LogP contribution in [0.4, 0.5) is 0 Å². The van der Waals surface area contributed by atoms with Crippen LogP contribution >= 0.6 is 0 Å². The summed E-state index contributed by atoms with van der Waals surface area (Å²) in [6.07, 6.45) is 0. The Balaban J connectivity index is 1.38. The number of nitrogens with zero attached hydrogens (tertiary/aromatic N) is 1. The van der Waals surface area contributed by atoms with Gasteiger partial charge in [0.2, 0.25) is 0 Å². The van der Waals surface area contributed by atoms with Gasteiger partial charge in [0.05, 0.1) is 16.4 Å². The van der Waals surface area contributed by atoms with E-state index in [2.05, 4.69) is 164 Å². The van der Waals surface area contributed by atoms with Gasteiger partial charge in [0.25, 0.3) is 0 Å². The highest BCUT2D eigenvalue weighted by molar-refractivity contribution is 6.15. The van der Waals surface area contributed by atoms with Crippen LogP contribution in [0.15, 0.2) is 164 Å². The standard InChI is InChI=1S/C42H27N/c1-2-16-31(17-3-1)42(38-22-9-7-20-34(38)35-21-8-10-23-39(35)42)32-18-12-15-28(25-32)36-26-29-13-4-6-19-33(29)37-27-30-14-5-11-24-40(30)43-41(36)37/h1-27H. The third kappa shape index (κ3) is 3.43. The van der Waals surface area contributed by atoms with Gasteiger partial charge in [-0.05, 0) is 74.0 Å². The molecule has 1 nitrogen and oxygen atoms in total. The van der Waals surface area contributed by atoms with Crippen molar-refractivity contribution in [3.8, 4) is 22.3 Å². The molecule has 1 aliphatic rings. The molecule has 0 saturated heterocycles. The summed E-state index contributed by atoms with van der Waals surface area (Å²) < 4.78 is 0. The van der Waals surface area contributed by atoms with Gasteiger partial charge in [-0.2, -0.15) is 0 Å². The van der Waals surface area contributed by atoms with Gasteiger partial charge in [0, 0.05) is 16.3 Å². The number of benzene rings is 7. The molecule has 1 aliphatic carbocycles. The molecule has 0 spiro atoms. The molecular formula is C42H27N. The van der Waals surface area contributed by atoms with Gasteiger partial charge in [0.1, 0.15) is 0 Å². The fourth-order valence-electron chi connectivity index (χ4n) is 7.47. The normalized spacial score (nSPS) is 13.3. The highest BCUT2D eigenvalue weighted by atomic mass is 14.7. The van der Waals surface area contributed by atoms with Crippen molar-refractivity contribution in [3.63, 3.8) is 0 Å². The topological polar surface area (TPSA) is 12.9 Å². The summed E-state index contributed by atoms with van der Waals surface area (Å²) in [5.74, 6) is 0. The van der Waals surface area contributed by atoms with Gasteiger partial charge < -0.3 is 0 Å². The van der Waals surface area contributed by atoms with Crippen LogP contribution in [-0.2, 0) is 5.41 Å². The highest BCUT2D eigenvalue weighted by Gasteiger charge is 2.45. The van der Waals surface area contributed by atoms with Gasteiger partial charge in [-0.15, -0.1) is 0 Å². The van der Waals surface area contributed by atoms with Crippen LogP contribution in [0.5, 0.6) is 0 Å². The number of pyridine rings is 1. The Kier molecular flexibility index (Phi) is 5.18. The zero-order valence-electron chi connectivity index (χ0n) is 23.5. The van der Waals surface area contributed by atoms with Gasteiger partial charge in [-0.1, -0.05) is 140 Å². The summed E-state index contributed by atoms with van der Waals surface area (Å²) in [6, 6.07) is 59.8. The van der Waals surface area contributed by atoms with Crippen LogP contribution in [-0.4, -0.2) is 4.98 Å². The number of rotatable bonds is 3. The lowest BCUT2D eigenvalue weighted by molar-refractivity contribution is 0.769. The summed E-state index contributed by atoms with van der Waals surface area (Å²) >= 11 is 0. The number of para-hydroxylation sites is 1. The molecule has 0 fully saturated rings. The molecule has 200 valence electrons. The third-order valence-corrected chi connectivity index (χ3v) is 9.30. The molecule has 0 aliphatic heterocycles. The van der Waals surface area contributed by atoms with Crippen LogP contribution in [0.3, 0.4) is 0 Å². The fraction of sp³-hybridized carbons (Fsp3) is 0.0238. The van der Waals surface area contributed by atoms with Gasteiger partial charge >= 0.3 is 0 Å². The van der Waals surface area contributed by atoms with Crippen molar-refractivity contribution in [1.29, 1.82) is 0 Å². The Morgan fingerprint density at radius 3 is 1.81 bits per heavy atom. The van der Waals surface area contributed by atoms with Crippen molar-refractivity contribution >= 4 is 32.6 Å². The minimum atomic E-state index is -0.433. The van der Waals surface area contributed by atoms with Crippen molar-refractivity contribution < 1.29 is 0 Å². The summed E-state index contributed by atoms with van der Waals surface area (Å²) in [5, 5.41) is 4.80. The molecule has 0 unspecified atom stereocenters. The SMILES string of the molecule is c1ccc(C2(c3cccc(-c4cc5ccccc5c5cc6ccccc6nc45)c3)c3ccccc3-c3ccccc32)cc1. The smallest absolute Gasteiger partial charge is 0.0794 e. The first-order valence-corrected chi connectivity index (χ1v) is 14.9. The van der Waals surface area contributed by atoms with E-state index in [4.69, 9.17) is 4.98 Å². The quantitative estimate of drug-likeness (QED) is 0.159. The lowest BCUT2D eigenvalue weighted by Gasteiger charge is -2.34. The van der Waals surface area contributed by atoms with Crippen LogP contribution in [0.25, 0.3) is 54.8 Å². The van der Waals surface area contributed by atoms with Crippen molar-refractivity contribution in [2.24, 2.45) is 0 Å². The molecule has 0 N–H and O–H groups in total. The predicted molar refractivity (Wildman–Crippen MR) is 179 cm³/mol. The van der Waals surface area contributed by atoms with E-state index in [-0.39, 0.29) is 0 Å². The van der Waals surface area contributed by atoms with Crippen molar-refractivity contribution in [1.82, 2.24) is 4.98 Å².